The molecule has 0 bridgehead atoms. The Morgan fingerprint density at radius 2 is 1.88 bits per heavy atom. The van der Waals surface area contributed by atoms with Gasteiger partial charge in [0.2, 0.25) is 0 Å². The molecule has 17 heavy (non-hydrogen) atoms. The number of aliphatic carboxylic acids is 1. The third-order valence-electron chi connectivity index (χ3n) is 2.64. The van der Waals surface area contributed by atoms with Gasteiger partial charge in [0.25, 0.3) is 0 Å². The van der Waals surface area contributed by atoms with Crippen molar-refractivity contribution in [3.05, 3.63) is 0 Å². The maximum atomic E-state index is 11.5. The molecule has 2 amide bonds. The average molecular weight is 245 g/mol. The van der Waals surface area contributed by atoms with E-state index in [2.05, 4.69) is 10.7 Å². The fourth-order valence-corrected chi connectivity index (χ4v) is 1.73. The molecule has 1 heterocycles. The smallest absolute Gasteiger partial charge is 0.330 e. The lowest BCUT2D eigenvalue weighted by atomic mass is 10.2. The number of carboxylic acids is 1. The van der Waals surface area contributed by atoms with E-state index in [1.54, 1.807) is 5.01 Å². The highest BCUT2D eigenvalue weighted by atomic mass is 16.4. The van der Waals surface area contributed by atoms with Crippen LogP contribution in [0.25, 0.3) is 0 Å². The van der Waals surface area contributed by atoms with E-state index in [9.17, 15) is 9.59 Å². The zero-order valence-corrected chi connectivity index (χ0v) is 9.69. The molecule has 1 fully saturated rings. The van der Waals surface area contributed by atoms with Gasteiger partial charge in [-0.3, -0.25) is 5.43 Å². The lowest BCUT2D eigenvalue weighted by molar-refractivity contribution is -0.139. The van der Waals surface area contributed by atoms with Crippen molar-refractivity contribution in [1.29, 1.82) is 0 Å². The number of carbonyl (C=O) groups excluding carboxylic acids is 1. The first-order valence-corrected chi connectivity index (χ1v) is 5.79. The van der Waals surface area contributed by atoms with Crippen molar-refractivity contribution in [2.75, 3.05) is 19.7 Å². The maximum absolute atomic E-state index is 11.5. The van der Waals surface area contributed by atoms with Gasteiger partial charge in [-0.2, -0.15) is 0 Å². The van der Waals surface area contributed by atoms with E-state index >= 15 is 0 Å². The van der Waals surface area contributed by atoms with Gasteiger partial charge in [0, 0.05) is 26.1 Å². The van der Waals surface area contributed by atoms with Crippen molar-refractivity contribution in [3.63, 3.8) is 0 Å². The normalized spacial score (nSPS) is 18.4. The Labute approximate surface area is 99.8 Å². The van der Waals surface area contributed by atoms with Crippen molar-refractivity contribution >= 4 is 12.0 Å². The number of piperidine rings is 1. The molecule has 0 aromatic heterocycles. The van der Waals surface area contributed by atoms with Gasteiger partial charge in [0.1, 0.15) is 6.04 Å². The first-order chi connectivity index (χ1) is 8.13. The molecule has 7 heteroatoms. The van der Waals surface area contributed by atoms with Crippen LogP contribution in [0.2, 0.25) is 0 Å². The van der Waals surface area contributed by atoms with Crippen molar-refractivity contribution in [1.82, 2.24) is 15.8 Å². The quantitative estimate of drug-likeness (QED) is 0.524. The molecular formula is C10H19N3O4. The summed E-state index contributed by atoms with van der Waals surface area (Å²) in [5.74, 6) is -1.15. The third kappa shape index (κ3) is 5.01. The molecule has 1 aliphatic heterocycles. The summed E-state index contributed by atoms with van der Waals surface area (Å²) >= 11 is 0. The summed E-state index contributed by atoms with van der Waals surface area (Å²) in [6.07, 6.45) is 3.21. The maximum Gasteiger partial charge on any atom is 0.330 e. The molecule has 1 aliphatic rings. The van der Waals surface area contributed by atoms with E-state index in [1.807, 2.05) is 0 Å². The molecule has 4 N–H and O–H groups in total. The van der Waals surface area contributed by atoms with Crippen molar-refractivity contribution in [2.45, 2.75) is 31.7 Å². The van der Waals surface area contributed by atoms with Crippen molar-refractivity contribution < 1.29 is 19.8 Å². The van der Waals surface area contributed by atoms with Crippen LogP contribution in [0, 0.1) is 0 Å². The highest BCUT2D eigenvalue weighted by Crippen LogP contribution is 2.05. The van der Waals surface area contributed by atoms with E-state index in [0.717, 1.165) is 32.4 Å². The number of nitrogens with zero attached hydrogens (tertiary/aromatic N) is 1. The minimum absolute atomic E-state index is 0.00273. The van der Waals surface area contributed by atoms with Crippen LogP contribution >= 0.6 is 0 Å². The summed E-state index contributed by atoms with van der Waals surface area (Å²) in [6.45, 7) is 1.29. The number of carbonyl (C=O) groups is 2. The molecule has 1 rings (SSSR count). The Morgan fingerprint density at radius 3 is 2.41 bits per heavy atom. The molecule has 1 saturated heterocycles. The van der Waals surface area contributed by atoms with Gasteiger partial charge < -0.3 is 15.5 Å². The van der Waals surface area contributed by atoms with Crippen LogP contribution in [-0.4, -0.2) is 53.0 Å². The number of hydrazine groups is 1. The van der Waals surface area contributed by atoms with Crippen LogP contribution in [0.4, 0.5) is 4.79 Å². The first-order valence-electron chi connectivity index (χ1n) is 5.79. The Balaban J connectivity index is 2.33. The third-order valence-corrected chi connectivity index (χ3v) is 2.64. The second-order valence-corrected chi connectivity index (χ2v) is 4.04. The molecule has 0 aromatic carbocycles. The average Bonchev–Trinajstić information content (AvgIpc) is 2.29. The minimum Gasteiger partial charge on any atom is -0.480 e. The molecule has 7 nitrogen and oxygen atoms in total. The lowest BCUT2D eigenvalue weighted by Gasteiger charge is -2.27. The fourth-order valence-electron chi connectivity index (χ4n) is 1.73. The summed E-state index contributed by atoms with van der Waals surface area (Å²) < 4.78 is 0. The number of amides is 2. The predicted molar refractivity (Wildman–Crippen MR) is 60.2 cm³/mol. The standard InChI is InChI=1S/C10H19N3O4/c14-7-4-8(9(15)16)11-10(17)12-13-5-2-1-3-6-13/h8,14H,1-7H2,(H,15,16)(H2,11,12,17). The Bertz CT molecular complexity index is 266. The number of urea groups is 1. The van der Waals surface area contributed by atoms with E-state index in [-0.39, 0.29) is 13.0 Å². The summed E-state index contributed by atoms with van der Waals surface area (Å²) in [5.41, 5.74) is 2.60. The molecule has 1 atom stereocenters. The topological polar surface area (TPSA) is 102 Å². The molecule has 0 radical (unpaired) electrons. The van der Waals surface area contributed by atoms with E-state index in [1.165, 1.54) is 0 Å². The minimum atomic E-state index is -1.15. The molecular weight excluding hydrogens is 226 g/mol. The van der Waals surface area contributed by atoms with Crippen molar-refractivity contribution in [3.8, 4) is 0 Å². The second-order valence-electron chi connectivity index (χ2n) is 4.04. The molecule has 0 saturated carbocycles. The largest absolute Gasteiger partial charge is 0.480 e. The highest BCUT2D eigenvalue weighted by Gasteiger charge is 2.20. The van der Waals surface area contributed by atoms with E-state index in [4.69, 9.17) is 10.2 Å². The number of aliphatic hydroxyl groups is 1. The molecule has 0 aromatic rings. The van der Waals surface area contributed by atoms with Gasteiger partial charge >= 0.3 is 12.0 Å². The fraction of sp³-hybridized carbons (Fsp3) is 0.800. The zero-order chi connectivity index (χ0) is 12.7. The van der Waals surface area contributed by atoms with Crippen LogP contribution in [0.1, 0.15) is 25.7 Å². The van der Waals surface area contributed by atoms with Crippen LogP contribution in [-0.2, 0) is 4.79 Å². The molecule has 0 spiro atoms. The Hall–Kier alpha value is -1.34. The SMILES string of the molecule is O=C(NC(CCO)C(=O)O)NN1CCCCC1. The van der Waals surface area contributed by atoms with Gasteiger partial charge in [-0.25, -0.2) is 14.6 Å². The monoisotopic (exact) mass is 245 g/mol. The zero-order valence-electron chi connectivity index (χ0n) is 9.69. The van der Waals surface area contributed by atoms with Gasteiger partial charge in [-0.15, -0.1) is 0 Å². The number of hydrogen-bond acceptors (Lipinski definition) is 4. The van der Waals surface area contributed by atoms with Gasteiger partial charge in [0.05, 0.1) is 0 Å². The first kappa shape index (κ1) is 13.7. The van der Waals surface area contributed by atoms with Gasteiger partial charge in [0.15, 0.2) is 0 Å². The number of carboxylic acid groups (broad SMARTS) is 1. The van der Waals surface area contributed by atoms with E-state index in [0.29, 0.717) is 0 Å². The van der Waals surface area contributed by atoms with Crippen LogP contribution < -0.4 is 10.7 Å². The van der Waals surface area contributed by atoms with Crippen LogP contribution in [0.3, 0.4) is 0 Å². The van der Waals surface area contributed by atoms with E-state index < -0.39 is 18.0 Å². The number of hydrogen-bond donors (Lipinski definition) is 4. The number of aliphatic hydroxyl groups excluding tert-OH is 1. The number of rotatable bonds is 5. The second kappa shape index (κ2) is 7.08. The Morgan fingerprint density at radius 1 is 1.24 bits per heavy atom. The van der Waals surface area contributed by atoms with Gasteiger partial charge in [-0.1, -0.05) is 6.42 Å². The van der Waals surface area contributed by atoms with Crippen molar-refractivity contribution in [2.24, 2.45) is 0 Å². The summed E-state index contributed by atoms with van der Waals surface area (Å²) in [7, 11) is 0. The van der Waals surface area contributed by atoms with Gasteiger partial charge in [-0.05, 0) is 12.8 Å². The molecule has 0 aliphatic carbocycles. The highest BCUT2D eigenvalue weighted by molar-refractivity contribution is 5.82. The molecule has 98 valence electrons. The summed E-state index contributed by atoms with van der Waals surface area (Å²) in [4.78, 5) is 22.2. The Kier molecular flexibility index (Phi) is 5.71. The van der Waals surface area contributed by atoms with Crippen LogP contribution in [0.15, 0.2) is 0 Å². The van der Waals surface area contributed by atoms with Crippen LogP contribution in [0.5, 0.6) is 0 Å². The summed E-state index contributed by atoms with van der Waals surface area (Å²) in [5, 5.41) is 21.6. The molecule has 1 unspecified atom stereocenters. The predicted octanol–water partition coefficient (Wildman–Crippen LogP) is -0.478. The lowest BCUT2D eigenvalue weighted by Crippen LogP contribution is -2.53. The number of nitrogens with one attached hydrogen (secondary N) is 2. The summed E-state index contributed by atoms with van der Waals surface area (Å²) in [6, 6.07) is -1.59.